The highest BCUT2D eigenvalue weighted by molar-refractivity contribution is 6.15. The van der Waals surface area contributed by atoms with Gasteiger partial charge in [0.2, 0.25) is 5.78 Å². The van der Waals surface area contributed by atoms with Crippen molar-refractivity contribution >= 4 is 11.7 Å². The fourth-order valence-electron chi connectivity index (χ4n) is 4.44. The zero-order valence-corrected chi connectivity index (χ0v) is 19.8. The predicted octanol–water partition coefficient (Wildman–Crippen LogP) is 3.68. The van der Waals surface area contributed by atoms with Gasteiger partial charge in [0.15, 0.2) is 11.5 Å². The molecule has 8 heteroatoms. The Morgan fingerprint density at radius 3 is 2.68 bits per heavy atom. The van der Waals surface area contributed by atoms with Gasteiger partial charge in [-0.1, -0.05) is 19.1 Å². The maximum absolute atomic E-state index is 13.4. The lowest BCUT2D eigenvalue weighted by Gasteiger charge is -2.30. The number of furan rings is 1. The van der Waals surface area contributed by atoms with Crippen LogP contribution < -0.4 is 4.74 Å². The Labute approximate surface area is 199 Å². The average molecular weight is 469 g/mol. The van der Waals surface area contributed by atoms with E-state index in [0.29, 0.717) is 49.9 Å². The molecule has 0 radical (unpaired) electrons. The molecule has 182 valence electrons. The number of aliphatic hydroxyl groups is 1. The van der Waals surface area contributed by atoms with Crippen molar-refractivity contribution in [2.75, 3.05) is 46.0 Å². The lowest BCUT2D eigenvalue weighted by atomic mass is 9.95. The van der Waals surface area contributed by atoms with Gasteiger partial charge in [-0.15, -0.1) is 0 Å². The molecule has 1 amide bonds. The molecule has 34 heavy (non-hydrogen) atoms. The number of ketones is 1. The Morgan fingerprint density at radius 2 is 1.97 bits per heavy atom. The summed E-state index contributed by atoms with van der Waals surface area (Å²) in [6.45, 7) is 8.68. The smallest absolute Gasteiger partial charge is 0.290 e. The number of hydrogen-bond donors (Lipinski definition) is 1. The van der Waals surface area contributed by atoms with Crippen molar-refractivity contribution in [3.63, 3.8) is 0 Å². The monoisotopic (exact) mass is 468 g/mol. The molecule has 1 aromatic carbocycles. The van der Waals surface area contributed by atoms with Crippen LogP contribution >= 0.6 is 0 Å². The standard InChI is InChI=1S/C26H32N2O6/c1-3-14-33-20-7-4-6-19(17-20)23-22(24(29)21-9-8-18(2)34-21)25(30)26(31)28(23)11-5-10-27-12-15-32-16-13-27/h4,6-9,17,23,30H,3,5,10-16H2,1-2H3/t23-/m0/s1. The highest BCUT2D eigenvalue weighted by atomic mass is 16.5. The van der Waals surface area contributed by atoms with Crippen LogP contribution in [-0.2, 0) is 9.53 Å². The van der Waals surface area contributed by atoms with Gasteiger partial charge >= 0.3 is 0 Å². The first kappa shape index (κ1) is 24.0. The number of aliphatic hydroxyl groups excluding tert-OH is 1. The van der Waals surface area contributed by atoms with Gasteiger partial charge in [-0.05, 0) is 49.6 Å². The number of benzene rings is 1. The van der Waals surface area contributed by atoms with Gasteiger partial charge in [0.25, 0.3) is 5.91 Å². The van der Waals surface area contributed by atoms with Gasteiger partial charge < -0.3 is 23.9 Å². The maximum Gasteiger partial charge on any atom is 0.290 e. The number of rotatable bonds is 10. The minimum Gasteiger partial charge on any atom is -0.503 e. The van der Waals surface area contributed by atoms with Crippen molar-refractivity contribution < 1.29 is 28.6 Å². The minimum absolute atomic E-state index is 0.0402. The molecule has 2 aliphatic rings. The van der Waals surface area contributed by atoms with Crippen LogP contribution in [0, 0.1) is 6.92 Å². The van der Waals surface area contributed by atoms with E-state index in [1.165, 1.54) is 0 Å². The largest absolute Gasteiger partial charge is 0.503 e. The fourth-order valence-corrected chi connectivity index (χ4v) is 4.44. The van der Waals surface area contributed by atoms with Gasteiger partial charge in [-0.3, -0.25) is 14.5 Å². The zero-order chi connectivity index (χ0) is 24.1. The lowest BCUT2D eigenvalue weighted by Crippen LogP contribution is -2.39. The Kier molecular flexibility index (Phi) is 7.70. The molecule has 0 aliphatic carbocycles. The summed E-state index contributed by atoms with van der Waals surface area (Å²) in [5, 5.41) is 10.8. The first-order chi connectivity index (χ1) is 16.5. The molecule has 0 bridgehead atoms. The zero-order valence-electron chi connectivity index (χ0n) is 19.8. The second-order valence-corrected chi connectivity index (χ2v) is 8.63. The van der Waals surface area contributed by atoms with Crippen LogP contribution in [-0.4, -0.2) is 72.6 Å². The van der Waals surface area contributed by atoms with Crippen molar-refractivity contribution in [1.29, 1.82) is 0 Å². The van der Waals surface area contributed by atoms with Gasteiger partial charge in [0.1, 0.15) is 11.5 Å². The molecule has 8 nitrogen and oxygen atoms in total. The predicted molar refractivity (Wildman–Crippen MR) is 126 cm³/mol. The number of aryl methyl sites for hydroxylation is 1. The molecule has 1 saturated heterocycles. The topological polar surface area (TPSA) is 92.5 Å². The van der Waals surface area contributed by atoms with Crippen LogP contribution in [0.25, 0.3) is 0 Å². The third-order valence-electron chi connectivity index (χ3n) is 6.14. The van der Waals surface area contributed by atoms with Crippen molar-refractivity contribution in [3.05, 3.63) is 64.8 Å². The number of hydrogen-bond acceptors (Lipinski definition) is 7. The molecule has 0 spiro atoms. The number of nitrogens with zero attached hydrogens (tertiary/aromatic N) is 2. The summed E-state index contributed by atoms with van der Waals surface area (Å²) in [7, 11) is 0. The van der Waals surface area contributed by atoms with E-state index in [2.05, 4.69) is 4.90 Å². The van der Waals surface area contributed by atoms with Crippen LogP contribution in [0.1, 0.15) is 47.7 Å². The molecule has 1 fully saturated rings. The number of carbonyl (C=O) groups excluding carboxylic acids is 2. The van der Waals surface area contributed by atoms with Crippen molar-refractivity contribution in [3.8, 4) is 5.75 Å². The molecule has 3 heterocycles. The third kappa shape index (κ3) is 5.18. The Balaban J connectivity index is 1.62. The van der Waals surface area contributed by atoms with Crippen LogP contribution in [0.4, 0.5) is 0 Å². The number of amides is 1. The van der Waals surface area contributed by atoms with Crippen molar-refractivity contribution in [1.82, 2.24) is 9.80 Å². The molecule has 1 aromatic heterocycles. The lowest BCUT2D eigenvalue weighted by molar-refractivity contribution is -0.129. The highest BCUT2D eigenvalue weighted by Gasteiger charge is 2.44. The summed E-state index contributed by atoms with van der Waals surface area (Å²) in [6.07, 6.45) is 1.57. The molecule has 1 atom stereocenters. The quantitative estimate of drug-likeness (QED) is 0.532. The molecule has 1 N–H and O–H groups in total. The van der Waals surface area contributed by atoms with Crippen LogP contribution in [0.5, 0.6) is 5.75 Å². The summed E-state index contributed by atoms with van der Waals surface area (Å²) in [4.78, 5) is 30.4. The number of ether oxygens (including phenoxy) is 2. The Bertz CT molecular complexity index is 1050. The average Bonchev–Trinajstić information content (AvgIpc) is 3.40. The van der Waals surface area contributed by atoms with E-state index in [1.807, 2.05) is 31.2 Å². The van der Waals surface area contributed by atoms with Gasteiger partial charge in [0.05, 0.1) is 31.4 Å². The molecule has 2 aliphatic heterocycles. The third-order valence-corrected chi connectivity index (χ3v) is 6.14. The van der Waals surface area contributed by atoms with Crippen molar-refractivity contribution in [2.24, 2.45) is 0 Å². The van der Waals surface area contributed by atoms with E-state index in [4.69, 9.17) is 13.9 Å². The van der Waals surface area contributed by atoms with Gasteiger partial charge in [0, 0.05) is 26.2 Å². The summed E-state index contributed by atoms with van der Waals surface area (Å²) >= 11 is 0. The molecule has 0 saturated carbocycles. The first-order valence-corrected chi connectivity index (χ1v) is 11.9. The summed E-state index contributed by atoms with van der Waals surface area (Å²) in [6, 6.07) is 9.91. The molecule has 0 unspecified atom stereocenters. The minimum atomic E-state index is -0.722. The maximum atomic E-state index is 13.4. The number of morpholine rings is 1. The second kappa shape index (κ2) is 10.9. The Hall–Kier alpha value is -3.10. The van der Waals surface area contributed by atoms with E-state index in [9.17, 15) is 14.7 Å². The van der Waals surface area contributed by atoms with Crippen LogP contribution in [0.3, 0.4) is 0 Å². The summed E-state index contributed by atoms with van der Waals surface area (Å²) in [5.74, 6) is -0.201. The molecule has 4 rings (SSSR count). The van der Waals surface area contributed by atoms with Gasteiger partial charge in [-0.2, -0.15) is 0 Å². The highest BCUT2D eigenvalue weighted by Crippen LogP contribution is 2.40. The van der Waals surface area contributed by atoms with Crippen LogP contribution in [0.15, 0.2) is 52.1 Å². The van der Waals surface area contributed by atoms with E-state index < -0.39 is 23.5 Å². The fraction of sp³-hybridized carbons (Fsp3) is 0.462. The molecular formula is C26H32N2O6. The van der Waals surface area contributed by atoms with Crippen molar-refractivity contribution in [2.45, 2.75) is 32.7 Å². The summed E-state index contributed by atoms with van der Waals surface area (Å²) < 4.78 is 16.7. The summed E-state index contributed by atoms with van der Waals surface area (Å²) in [5.41, 5.74) is 0.752. The van der Waals surface area contributed by atoms with Gasteiger partial charge in [-0.25, -0.2) is 0 Å². The normalized spacial score (nSPS) is 19.2. The van der Waals surface area contributed by atoms with Crippen LogP contribution in [0.2, 0.25) is 0 Å². The van der Waals surface area contributed by atoms with E-state index in [0.717, 1.165) is 26.1 Å². The number of carbonyl (C=O) groups is 2. The molecule has 2 aromatic rings. The second-order valence-electron chi connectivity index (χ2n) is 8.63. The SMILES string of the molecule is CCCOc1cccc([C@H]2C(C(=O)c3ccc(C)o3)=C(O)C(=O)N2CCCN2CCOCC2)c1. The Morgan fingerprint density at radius 1 is 1.18 bits per heavy atom. The molecular weight excluding hydrogens is 436 g/mol. The van der Waals surface area contributed by atoms with E-state index >= 15 is 0 Å². The first-order valence-electron chi connectivity index (χ1n) is 11.9. The number of Topliss-reactive ketones (excluding diaryl/α,β-unsaturated/α-hetero) is 1. The van der Waals surface area contributed by atoms with E-state index in [-0.39, 0.29) is 11.3 Å². The van der Waals surface area contributed by atoms with E-state index in [1.54, 1.807) is 24.0 Å².